The normalized spacial score (nSPS) is 12.1. The molecule has 0 fully saturated rings. The van der Waals surface area contributed by atoms with Crippen molar-refractivity contribution in [3.05, 3.63) is 52.5 Å². The first-order valence-electron chi connectivity index (χ1n) is 6.88. The molecule has 0 amide bonds. The van der Waals surface area contributed by atoms with Gasteiger partial charge < -0.3 is 4.98 Å². The molecule has 0 bridgehead atoms. The van der Waals surface area contributed by atoms with Crippen molar-refractivity contribution in [2.24, 2.45) is 0 Å². The van der Waals surface area contributed by atoms with Gasteiger partial charge in [-0.15, -0.1) is 11.3 Å². The van der Waals surface area contributed by atoms with E-state index >= 15 is 0 Å². The molecule has 8 heteroatoms. The van der Waals surface area contributed by atoms with Crippen LogP contribution < -0.4 is 4.72 Å². The summed E-state index contributed by atoms with van der Waals surface area (Å²) < 4.78 is 54.0. The predicted molar refractivity (Wildman–Crippen MR) is 86.2 cm³/mol. The van der Waals surface area contributed by atoms with Gasteiger partial charge >= 0.3 is 0 Å². The Morgan fingerprint density at radius 3 is 2.78 bits per heavy atom. The smallest absolute Gasteiger partial charge is 0.250 e. The Labute approximate surface area is 136 Å². The molecule has 2 aromatic heterocycles. The van der Waals surface area contributed by atoms with Gasteiger partial charge in [-0.05, 0) is 36.4 Å². The Bertz CT molecular complexity index is 948. The lowest BCUT2D eigenvalue weighted by Crippen LogP contribution is -2.25. The number of benzene rings is 1. The number of halogens is 2. The molecule has 1 aromatic carbocycles. The van der Waals surface area contributed by atoms with E-state index < -0.39 is 21.7 Å². The minimum absolute atomic E-state index is 0.145. The van der Waals surface area contributed by atoms with Gasteiger partial charge in [0.1, 0.15) is 15.8 Å². The Hall–Kier alpha value is -1.77. The van der Waals surface area contributed by atoms with Crippen LogP contribution in [0.5, 0.6) is 0 Å². The standard InChI is InChI=1S/C15H14F2N2O2S2/c1-9-11(12-7-10(16)8-13(17)15(12)19-9)4-5-18-23(20,21)14-3-2-6-22-14/h2-3,6-8,18-19H,4-5H2,1H3. The zero-order chi connectivity index (χ0) is 16.6. The monoisotopic (exact) mass is 356 g/mol. The quantitative estimate of drug-likeness (QED) is 0.737. The highest BCUT2D eigenvalue weighted by Crippen LogP contribution is 2.26. The summed E-state index contributed by atoms with van der Waals surface area (Å²) in [7, 11) is -3.54. The number of thiophene rings is 1. The summed E-state index contributed by atoms with van der Waals surface area (Å²) >= 11 is 1.13. The summed E-state index contributed by atoms with van der Waals surface area (Å²) in [5.41, 5.74) is 1.63. The highest BCUT2D eigenvalue weighted by atomic mass is 32.2. The van der Waals surface area contributed by atoms with Crippen molar-refractivity contribution in [1.82, 2.24) is 9.71 Å². The van der Waals surface area contributed by atoms with Crippen molar-refractivity contribution < 1.29 is 17.2 Å². The number of aryl methyl sites for hydroxylation is 1. The molecule has 0 unspecified atom stereocenters. The number of H-pyrrole nitrogens is 1. The molecule has 2 heterocycles. The maximum absolute atomic E-state index is 13.8. The van der Waals surface area contributed by atoms with Gasteiger partial charge in [-0.1, -0.05) is 6.07 Å². The van der Waals surface area contributed by atoms with Crippen LogP contribution in [0.2, 0.25) is 0 Å². The Morgan fingerprint density at radius 2 is 2.09 bits per heavy atom. The van der Waals surface area contributed by atoms with Gasteiger partial charge in [0.25, 0.3) is 0 Å². The molecule has 0 spiro atoms. The molecule has 0 aliphatic rings. The fraction of sp³-hybridized carbons (Fsp3) is 0.200. The van der Waals surface area contributed by atoms with E-state index in [-0.39, 0.29) is 16.3 Å². The summed E-state index contributed by atoms with van der Waals surface area (Å²) in [5, 5.41) is 2.12. The number of nitrogens with one attached hydrogen (secondary N) is 2. The van der Waals surface area contributed by atoms with Crippen LogP contribution in [0.1, 0.15) is 11.3 Å². The Kier molecular flexibility index (Phi) is 4.22. The van der Waals surface area contributed by atoms with Crippen LogP contribution in [0.25, 0.3) is 10.9 Å². The van der Waals surface area contributed by atoms with Crippen molar-refractivity contribution in [3.8, 4) is 0 Å². The summed E-state index contributed by atoms with van der Waals surface area (Å²) in [5.74, 6) is -1.32. The maximum atomic E-state index is 13.8. The SMILES string of the molecule is Cc1[nH]c2c(F)cc(F)cc2c1CCNS(=O)(=O)c1cccs1. The number of rotatable bonds is 5. The Balaban J connectivity index is 1.82. The van der Waals surface area contributed by atoms with Crippen molar-refractivity contribution in [3.63, 3.8) is 0 Å². The third-order valence-electron chi connectivity index (χ3n) is 3.57. The number of sulfonamides is 1. The minimum Gasteiger partial charge on any atom is -0.356 e. The fourth-order valence-electron chi connectivity index (χ4n) is 2.52. The first-order chi connectivity index (χ1) is 10.9. The molecule has 3 rings (SSSR count). The fourth-order valence-corrected chi connectivity index (χ4v) is 4.59. The second-order valence-corrected chi connectivity index (χ2v) is 8.06. The topological polar surface area (TPSA) is 62.0 Å². The second kappa shape index (κ2) is 6.03. The molecule has 0 atom stereocenters. The molecule has 23 heavy (non-hydrogen) atoms. The Morgan fingerprint density at radius 1 is 1.30 bits per heavy atom. The third-order valence-corrected chi connectivity index (χ3v) is 6.43. The number of aromatic amines is 1. The summed E-state index contributed by atoms with van der Waals surface area (Å²) in [6, 6.07) is 5.26. The van der Waals surface area contributed by atoms with Gasteiger partial charge in [0, 0.05) is 23.7 Å². The highest BCUT2D eigenvalue weighted by molar-refractivity contribution is 7.91. The lowest BCUT2D eigenvalue weighted by Gasteiger charge is -2.05. The van der Waals surface area contributed by atoms with Gasteiger partial charge in [0.05, 0.1) is 5.52 Å². The number of fused-ring (bicyclic) bond motifs is 1. The van der Waals surface area contributed by atoms with Crippen LogP contribution in [0.3, 0.4) is 0 Å². The minimum atomic E-state index is -3.54. The molecule has 0 radical (unpaired) electrons. The van der Waals surface area contributed by atoms with E-state index in [4.69, 9.17) is 0 Å². The maximum Gasteiger partial charge on any atom is 0.250 e. The van der Waals surface area contributed by atoms with Crippen molar-refractivity contribution >= 4 is 32.3 Å². The summed E-state index contributed by atoms with van der Waals surface area (Å²) in [6.07, 6.45) is 0.333. The van der Waals surface area contributed by atoms with Gasteiger partial charge in [-0.25, -0.2) is 21.9 Å². The molecule has 0 saturated heterocycles. The zero-order valence-electron chi connectivity index (χ0n) is 12.2. The van der Waals surface area contributed by atoms with E-state index in [9.17, 15) is 17.2 Å². The van der Waals surface area contributed by atoms with Crippen molar-refractivity contribution in [2.75, 3.05) is 6.54 Å². The second-order valence-electron chi connectivity index (χ2n) is 5.12. The summed E-state index contributed by atoms with van der Waals surface area (Å²) in [6.45, 7) is 1.90. The number of hydrogen-bond acceptors (Lipinski definition) is 3. The summed E-state index contributed by atoms with van der Waals surface area (Å²) in [4.78, 5) is 2.88. The first kappa shape index (κ1) is 16.1. The van der Waals surface area contributed by atoms with Crippen LogP contribution in [0.15, 0.2) is 33.9 Å². The molecule has 2 N–H and O–H groups in total. The molecule has 0 aliphatic carbocycles. The molecular weight excluding hydrogens is 342 g/mol. The van der Waals surface area contributed by atoms with E-state index in [1.165, 1.54) is 12.1 Å². The van der Waals surface area contributed by atoms with E-state index in [2.05, 4.69) is 9.71 Å². The molecule has 4 nitrogen and oxygen atoms in total. The van der Waals surface area contributed by atoms with Crippen LogP contribution in [0.4, 0.5) is 8.78 Å². The zero-order valence-corrected chi connectivity index (χ0v) is 13.8. The average molecular weight is 356 g/mol. The molecule has 0 saturated carbocycles. The van der Waals surface area contributed by atoms with Crippen molar-refractivity contribution in [2.45, 2.75) is 17.6 Å². The van der Waals surface area contributed by atoms with Crippen LogP contribution in [-0.2, 0) is 16.4 Å². The van der Waals surface area contributed by atoms with Gasteiger partial charge in [-0.3, -0.25) is 0 Å². The molecular formula is C15H14F2N2O2S2. The lowest BCUT2D eigenvalue weighted by atomic mass is 10.1. The largest absolute Gasteiger partial charge is 0.356 e. The van der Waals surface area contributed by atoms with Crippen LogP contribution >= 0.6 is 11.3 Å². The number of aromatic nitrogens is 1. The van der Waals surface area contributed by atoms with Gasteiger partial charge in [0.15, 0.2) is 0 Å². The van der Waals surface area contributed by atoms with Gasteiger partial charge in [-0.2, -0.15) is 0 Å². The van der Waals surface area contributed by atoms with Crippen LogP contribution in [0, 0.1) is 18.6 Å². The van der Waals surface area contributed by atoms with E-state index in [0.717, 1.165) is 17.4 Å². The van der Waals surface area contributed by atoms with E-state index in [1.807, 2.05) is 0 Å². The number of hydrogen-bond donors (Lipinski definition) is 2. The lowest BCUT2D eigenvalue weighted by molar-refractivity contribution is 0.583. The first-order valence-corrected chi connectivity index (χ1v) is 9.24. The molecule has 122 valence electrons. The van der Waals surface area contributed by atoms with Gasteiger partial charge in [0.2, 0.25) is 10.0 Å². The average Bonchev–Trinajstić information content (AvgIpc) is 3.09. The van der Waals surface area contributed by atoms with E-state index in [1.54, 1.807) is 18.4 Å². The highest BCUT2D eigenvalue weighted by Gasteiger charge is 2.17. The third kappa shape index (κ3) is 3.15. The molecule has 3 aromatic rings. The van der Waals surface area contributed by atoms with Crippen LogP contribution in [-0.4, -0.2) is 19.9 Å². The predicted octanol–water partition coefficient (Wildman–Crippen LogP) is 3.34. The van der Waals surface area contributed by atoms with E-state index in [0.29, 0.717) is 23.1 Å². The molecule has 0 aliphatic heterocycles. The van der Waals surface area contributed by atoms with Crippen molar-refractivity contribution in [1.29, 1.82) is 0 Å².